The van der Waals surface area contributed by atoms with E-state index in [4.69, 9.17) is 0 Å². The molecule has 1 aliphatic heterocycles. The molecule has 1 saturated heterocycles. The molecular weight excluding hydrogens is 196 g/mol. The van der Waals surface area contributed by atoms with Gasteiger partial charge in [0.2, 0.25) is 0 Å². The molecule has 0 N–H and O–H groups in total. The summed E-state index contributed by atoms with van der Waals surface area (Å²) in [7, 11) is 0. The maximum atomic E-state index is 12.1. The maximum Gasteiger partial charge on any atom is 0.315 e. The van der Waals surface area contributed by atoms with Crippen LogP contribution in [0.5, 0.6) is 0 Å². The molecule has 1 fully saturated rings. The van der Waals surface area contributed by atoms with Crippen molar-refractivity contribution in [3.05, 3.63) is 0 Å². The summed E-state index contributed by atoms with van der Waals surface area (Å²) in [6, 6.07) is 0. The van der Waals surface area contributed by atoms with Crippen molar-refractivity contribution < 1.29 is 13.6 Å². The molecule has 1 aliphatic rings. The molecular formula is C8H13F2NOS. The highest BCUT2D eigenvalue weighted by atomic mass is 32.2. The Balaban J connectivity index is 2.52. The van der Waals surface area contributed by atoms with Crippen LogP contribution in [0.4, 0.5) is 8.78 Å². The lowest BCUT2D eigenvalue weighted by Crippen LogP contribution is -2.38. The Kier molecular flexibility index (Phi) is 3.96. The Morgan fingerprint density at radius 3 is 2.92 bits per heavy atom. The van der Waals surface area contributed by atoms with Crippen molar-refractivity contribution in [3.63, 3.8) is 0 Å². The highest BCUT2D eigenvalue weighted by Gasteiger charge is 2.25. The minimum atomic E-state index is -2.85. The fraction of sp³-hybridized carbons (Fsp3) is 0.875. The lowest BCUT2D eigenvalue weighted by atomic mass is 10.2. The number of carbonyl (C=O) groups is 1. The molecule has 5 heteroatoms. The summed E-state index contributed by atoms with van der Waals surface area (Å²) >= 11 is 1.72. The van der Waals surface area contributed by atoms with Gasteiger partial charge in [0.05, 0.1) is 0 Å². The predicted molar refractivity (Wildman–Crippen MR) is 49.1 cm³/mol. The SMILES string of the molecule is CC1CSCCN(C(=O)C(F)F)C1. The smallest absolute Gasteiger partial charge is 0.315 e. The molecule has 0 spiro atoms. The zero-order valence-corrected chi connectivity index (χ0v) is 8.32. The molecule has 1 amide bonds. The van der Waals surface area contributed by atoms with Crippen molar-refractivity contribution in [2.45, 2.75) is 13.3 Å². The van der Waals surface area contributed by atoms with Gasteiger partial charge in [-0.05, 0) is 11.7 Å². The third kappa shape index (κ3) is 3.14. The highest BCUT2D eigenvalue weighted by molar-refractivity contribution is 7.99. The van der Waals surface area contributed by atoms with Gasteiger partial charge in [-0.25, -0.2) is 0 Å². The zero-order chi connectivity index (χ0) is 9.84. The molecule has 76 valence electrons. The quantitative estimate of drug-likeness (QED) is 0.651. The van der Waals surface area contributed by atoms with E-state index in [1.807, 2.05) is 6.92 Å². The monoisotopic (exact) mass is 209 g/mol. The molecule has 0 aliphatic carbocycles. The van der Waals surface area contributed by atoms with Gasteiger partial charge < -0.3 is 4.90 Å². The second kappa shape index (κ2) is 4.79. The Bertz CT molecular complexity index is 189. The first-order chi connectivity index (χ1) is 6.11. The largest absolute Gasteiger partial charge is 0.337 e. The highest BCUT2D eigenvalue weighted by Crippen LogP contribution is 2.16. The van der Waals surface area contributed by atoms with Gasteiger partial charge in [0.25, 0.3) is 5.91 Å². The Morgan fingerprint density at radius 1 is 1.62 bits per heavy atom. The van der Waals surface area contributed by atoms with Crippen LogP contribution in [0.1, 0.15) is 6.92 Å². The van der Waals surface area contributed by atoms with E-state index in [-0.39, 0.29) is 0 Å². The Labute approximate surface area is 80.7 Å². The van der Waals surface area contributed by atoms with Crippen molar-refractivity contribution in [1.29, 1.82) is 0 Å². The summed E-state index contributed by atoms with van der Waals surface area (Å²) in [5, 5.41) is 0. The Morgan fingerprint density at radius 2 is 2.31 bits per heavy atom. The number of hydrogen-bond donors (Lipinski definition) is 0. The number of amides is 1. The van der Waals surface area contributed by atoms with E-state index < -0.39 is 12.3 Å². The first-order valence-electron chi connectivity index (χ1n) is 4.26. The summed E-state index contributed by atoms with van der Waals surface area (Å²) in [5.74, 6) is 1.01. The van der Waals surface area contributed by atoms with Crippen LogP contribution < -0.4 is 0 Å². The summed E-state index contributed by atoms with van der Waals surface area (Å²) in [5.41, 5.74) is 0. The fourth-order valence-electron chi connectivity index (χ4n) is 1.32. The first-order valence-corrected chi connectivity index (χ1v) is 5.41. The van der Waals surface area contributed by atoms with Crippen LogP contribution in [0.25, 0.3) is 0 Å². The normalized spacial score (nSPS) is 24.6. The van der Waals surface area contributed by atoms with Gasteiger partial charge in [0.15, 0.2) is 0 Å². The lowest BCUT2D eigenvalue weighted by Gasteiger charge is -2.21. The van der Waals surface area contributed by atoms with E-state index in [0.717, 1.165) is 11.5 Å². The number of hydrogen-bond acceptors (Lipinski definition) is 2. The Hall–Kier alpha value is -0.320. The third-order valence-electron chi connectivity index (χ3n) is 1.94. The summed E-state index contributed by atoms with van der Waals surface area (Å²) in [4.78, 5) is 12.2. The number of carbonyl (C=O) groups excluding carboxylic acids is 1. The molecule has 1 rings (SSSR count). The molecule has 0 aromatic heterocycles. The second-order valence-electron chi connectivity index (χ2n) is 3.27. The van der Waals surface area contributed by atoms with Gasteiger partial charge in [-0.1, -0.05) is 6.92 Å². The average molecular weight is 209 g/mol. The predicted octanol–water partition coefficient (Wildman–Crippen LogP) is 1.46. The van der Waals surface area contributed by atoms with Crippen LogP contribution >= 0.6 is 11.8 Å². The van der Waals surface area contributed by atoms with Crippen LogP contribution in [0.3, 0.4) is 0 Å². The van der Waals surface area contributed by atoms with Gasteiger partial charge in [0.1, 0.15) is 0 Å². The van der Waals surface area contributed by atoms with Crippen molar-refractivity contribution in [1.82, 2.24) is 4.90 Å². The molecule has 1 heterocycles. The number of nitrogens with zero attached hydrogens (tertiary/aromatic N) is 1. The van der Waals surface area contributed by atoms with Crippen LogP contribution in [-0.4, -0.2) is 41.8 Å². The number of halogens is 2. The standard InChI is InChI=1S/C8H13F2NOS/c1-6-4-11(2-3-13-5-6)8(12)7(9)10/h6-7H,2-5H2,1H3. The van der Waals surface area contributed by atoms with E-state index in [2.05, 4.69) is 0 Å². The van der Waals surface area contributed by atoms with E-state index >= 15 is 0 Å². The van der Waals surface area contributed by atoms with Crippen LogP contribution in [-0.2, 0) is 4.79 Å². The topological polar surface area (TPSA) is 20.3 Å². The number of thioether (sulfide) groups is 1. The molecule has 2 nitrogen and oxygen atoms in total. The molecule has 0 saturated carbocycles. The minimum absolute atomic E-state index is 0.315. The van der Waals surface area contributed by atoms with Gasteiger partial charge in [-0.15, -0.1) is 0 Å². The van der Waals surface area contributed by atoms with Gasteiger partial charge >= 0.3 is 6.43 Å². The van der Waals surface area contributed by atoms with E-state index in [1.165, 1.54) is 4.90 Å². The first kappa shape index (κ1) is 10.8. The third-order valence-corrected chi connectivity index (χ3v) is 3.21. The van der Waals surface area contributed by atoms with Gasteiger partial charge in [0, 0.05) is 18.8 Å². The van der Waals surface area contributed by atoms with Crippen molar-refractivity contribution in [2.24, 2.45) is 5.92 Å². The van der Waals surface area contributed by atoms with Crippen LogP contribution in [0.15, 0.2) is 0 Å². The van der Waals surface area contributed by atoms with E-state index in [0.29, 0.717) is 19.0 Å². The lowest BCUT2D eigenvalue weighted by molar-refractivity contribution is -0.142. The number of rotatable bonds is 1. The molecule has 1 unspecified atom stereocenters. The van der Waals surface area contributed by atoms with E-state index in [1.54, 1.807) is 11.8 Å². The molecule has 13 heavy (non-hydrogen) atoms. The zero-order valence-electron chi connectivity index (χ0n) is 7.50. The van der Waals surface area contributed by atoms with Crippen molar-refractivity contribution >= 4 is 17.7 Å². The second-order valence-corrected chi connectivity index (χ2v) is 4.41. The van der Waals surface area contributed by atoms with Crippen molar-refractivity contribution in [2.75, 3.05) is 24.6 Å². The molecule has 0 bridgehead atoms. The van der Waals surface area contributed by atoms with Crippen LogP contribution in [0.2, 0.25) is 0 Å². The molecule has 0 radical (unpaired) electrons. The van der Waals surface area contributed by atoms with Gasteiger partial charge in [-0.2, -0.15) is 20.5 Å². The molecule has 1 atom stereocenters. The minimum Gasteiger partial charge on any atom is -0.337 e. The fourth-order valence-corrected chi connectivity index (χ4v) is 2.34. The molecule has 0 aromatic rings. The van der Waals surface area contributed by atoms with Gasteiger partial charge in [-0.3, -0.25) is 4.79 Å². The van der Waals surface area contributed by atoms with Crippen LogP contribution in [0, 0.1) is 5.92 Å². The summed E-state index contributed by atoms with van der Waals surface area (Å²) < 4.78 is 24.1. The maximum absolute atomic E-state index is 12.1. The van der Waals surface area contributed by atoms with E-state index in [9.17, 15) is 13.6 Å². The summed E-state index contributed by atoms with van der Waals surface area (Å²) in [6.45, 7) is 2.90. The molecule has 0 aromatic carbocycles. The van der Waals surface area contributed by atoms with Crippen molar-refractivity contribution in [3.8, 4) is 0 Å². The number of alkyl halides is 2. The average Bonchev–Trinajstić information content (AvgIpc) is 2.28. The summed E-state index contributed by atoms with van der Waals surface area (Å²) in [6.07, 6.45) is -2.85.